The van der Waals surface area contributed by atoms with Gasteiger partial charge in [0.05, 0.1) is 5.57 Å². The van der Waals surface area contributed by atoms with E-state index in [4.69, 9.17) is 0 Å². The molecule has 1 atom stereocenters. The van der Waals surface area contributed by atoms with Gasteiger partial charge < -0.3 is 10.4 Å². The molecule has 2 aliphatic rings. The summed E-state index contributed by atoms with van der Waals surface area (Å²) in [4.78, 5) is 12.9. The fourth-order valence-electron chi connectivity index (χ4n) is 4.43. The van der Waals surface area contributed by atoms with Crippen LogP contribution in [0.1, 0.15) is 54.9 Å². The number of benzene rings is 1. The summed E-state index contributed by atoms with van der Waals surface area (Å²) < 4.78 is 0. The first-order chi connectivity index (χ1) is 12.0. The Bertz CT molecular complexity index is 750. The van der Waals surface area contributed by atoms with Gasteiger partial charge in [-0.25, -0.2) is 0 Å². The Hall–Kier alpha value is -2.05. The largest absolute Gasteiger partial charge is 0.512 e. The second kappa shape index (κ2) is 7.45. The minimum atomic E-state index is 0.0906. The first-order valence-electron chi connectivity index (χ1n) is 9.21. The molecule has 1 fully saturated rings. The average molecular weight is 337 g/mol. The van der Waals surface area contributed by atoms with Crippen molar-refractivity contribution in [2.75, 3.05) is 13.1 Å². The Balaban J connectivity index is 1.94. The van der Waals surface area contributed by atoms with Crippen LogP contribution in [0.15, 0.2) is 17.9 Å². The number of carbonyl (C=O) groups is 1. The topological polar surface area (TPSA) is 49.3 Å². The van der Waals surface area contributed by atoms with E-state index >= 15 is 0 Å². The fourth-order valence-corrected chi connectivity index (χ4v) is 4.43. The van der Waals surface area contributed by atoms with Crippen LogP contribution >= 0.6 is 0 Å². The third-order valence-electron chi connectivity index (χ3n) is 5.57. The zero-order valence-electron chi connectivity index (χ0n) is 15.4. The molecule has 1 aromatic rings. The lowest BCUT2D eigenvalue weighted by Crippen LogP contribution is -2.34. The van der Waals surface area contributed by atoms with E-state index in [-0.39, 0.29) is 17.5 Å². The van der Waals surface area contributed by atoms with Crippen LogP contribution in [0.5, 0.6) is 0 Å². The molecule has 2 N–H and O–H groups in total. The lowest BCUT2D eigenvalue weighted by atomic mass is 9.73. The van der Waals surface area contributed by atoms with Crippen molar-refractivity contribution in [2.45, 2.75) is 46.5 Å². The number of nitrogens with one attached hydrogen (secondary N) is 1. The van der Waals surface area contributed by atoms with E-state index in [0.29, 0.717) is 24.3 Å². The number of hydrogen-bond acceptors (Lipinski definition) is 3. The summed E-state index contributed by atoms with van der Waals surface area (Å²) in [5.41, 5.74) is 4.40. The van der Waals surface area contributed by atoms with E-state index in [1.165, 1.54) is 0 Å². The minimum Gasteiger partial charge on any atom is -0.512 e. The lowest BCUT2D eigenvalue weighted by Gasteiger charge is -2.33. The van der Waals surface area contributed by atoms with Crippen LogP contribution < -0.4 is 5.32 Å². The van der Waals surface area contributed by atoms with Gasteiger partial charge in [0, 0.05) is 18.4 Å². The number of allylic oxidation sites excluding steroid dienone is 2. The number of hydrogen-bond donors (Lipinski definition) is 2. The highest BCUT2D eigenvalue weighted by Crippen LogP contribution is 2.39. The Morgan fingerprint density at radius 2 is 1.72 bits per heavy atom. The summed E-state index contributed by atoms with van der Waals surface area (Å²) in [5, 5.41) is 14.1. The maximum atomic E-state index is 12.9. The second-order valence-electron chi connectivity index (χ2n) is 7.36. The highest BCUT2D eigenvalue weighted by molar-refractivity contribution is 6.22. The van der Waals surface area contributed by atoms with Crippen molar-refractivity contribution in [2.24, 2.45) is 11.8 Å². The maximum absolute atomic E-state index is 12.9. The summed E-state index contributed by atoms with van der Waals surface area (Å²) in [6.07, 6.45) is 3.38. The van der Waals surface area contributed by atoms with E-state index in [1.54, 1.807) is 0 Å². The van der Waals surface area contributed by atoms with Gasteiger partial charge >= 0.3 is 0 Å². The maximum Gasteiger partial charge on any atom is 0.167 e. The van der Waals surface area contributed by atoms with Crippen molar-refractivity contribution in [3.8, 4) is 11.8 Å². The van der Waals surface area contributed by atoms with Crippen molar-refractivity contribution in [3.05, 3.63) is 40.1 Å². The van der Waals surface area contributed by atoms with Gasteiger partial charge in [0.1, 0.15) is 5.76 Å². The SMILES string of the molecule is CC#Cc1cc(C)c(C2=C(O)CC(C3CCNCC3)CC2=O)c(C)c1. The van der Waals surface area contributed by atoms with Crippen LogP contribution in [-0.4, -0.2) is 24.0 Å². The Labute approximate surface area is 150 Å². The number of ketones is 1. The first kappa shape index (κ1) is 17.8. The van der Waals surface area contributed by atoms with Crippen LogP contribution in [0.4, 0.5) is 0 Å². The fraction of sp³-hybridized carbons (Fsp3) is 0.500. The molecule has 25 heavy (non-hydrogen) atoms. The normalized spacial score (nSPS) is 21.9. The molecule has 0 bridgehead atoms. The van der Waals surface area contributed by atoms with E-state index in [9.17, 15) is 9.90 Å². The molecular formula is C22H27NO2. The Kier molecular flexibility index (Phi) is 5.30. The lowest BCUT2D eigenvalue weighted by molar-refractivity contribution is -0.115. The predicted octanol–water partition coefficient (Wildman–Crippen LogP) is 3.92. The van der Waals surface area contributed by atoms with Crippen molar-refractivity contribution < 1.29 is 9.90 Å². The molecule has 3 nitrogen and oxygen atoms in total. The highest BCUT2D eigenvalue weighted by atomic mass is 16.3. The molecule has 1 aliphatic carbocycles. The zero-order valence-corrected chi connectivity index (χ0v) is 15.4. The summed E-state index contributed by atoms with van der Waals surface area (Å²) in [6, 6.07) is 4.01. The molecule has 1 heterocycles. The Morgan fingerprint density at radius 3 is 2.28 bits per heavy atom. The number of aryl methyl sites for hydroxylation is 2. The van der Waals surface area contributed by atoms with E-state index in [1.807, 2.05) is 32.9 Å². The van der Waals surface area contributed by atoms with Crippen molar-refractivity contribution in [3.63, 3.8) is 0 Å². The minimum absolute atomic E-state index is 0.0906. The molecule has 1 unspecified atom stereocenters. The third-order valence-corrected chi connectivity index (χ3v) is 5.57. The summed E-state index contributed by atoms with van der Waals surface area (Å²) in [5.74, 6) is 7.18. The quantitative estimate of drug-likeness (QED) is 0.804. The van der Waals surface area contributed by atoms with Crippen LogP contribution in [0, 0.1) is 37.5 Å². The Morgan fingerprint density at radius 1 is 1.08 bits per heavy atom. The molecule has 3 rings (SSSR count). The van der Waals surface area contributed by atoms with Crippen molar-refractivity contribution in [1.29, 1.82) is 0 Å². The van der Waals surface area contributed by atoms with Gasteiger partial charge in [0.15, 0.2) is 5.78 Å². The van der Waals surface area contributed by atoms with Crippen LogP contribution in [-0.2, 0) is 4.79 Å². The molecule has 3 heteroatoms. The third kappa shape index (κ3) is 3.65. The summed E-state index contributed by atoms with van der Waals surface area (Å²) in [7, 11) is 0. The van der Waals surface area contributed by atoms with Gasteiger partial charge in [-0.3, -0.25) is 4.79 Å². The molecule has 0 saturated carbocycles. The zero-order chi connectivity index (χ0) is 18.0. The van der Waals surface area contributed by atoms with Crippen LogP contribution in [0.25, 0.3) is 5.57 Å². The standard InChI is InChI=1S/C22H27NO2/c1-4-5-16-10-14(2)21(15(3)11-16)22-19(24)12-18(13-20(22)25)17-6-8-23-9-7-17/h10-11,17-18,23-24H,6-9,12-13H2,1-3H3. The molecular weight excluding hydrogens is 310 g/mol. The monoisotopic (exact) mass is 337 g/mol. The van der Waals surface area contributed by atoms with E-state index < -0.39 is 0 Å². The molecule has 132 valence electrons. The van der Waals surface area contributed by atoms with Crippen molar-refractivity contribution in [1.82, 2.24) is 5.32 Å². The van der Waals surface area contributed by atoms with Crippen LogP contribution in [0.2, 0.25) is 0 Å². The molecule has 0 amide bonds. The van der Waals surface area contributed by atoms with Gasteiger partial charge in [0.2, 0.25) is 0 Å². The molecule has 0 spiro atoms. The molecule has 0 radical (unpaired) electrons. The number of Topliss-reactive ketones (excluding diaryl/α,β-unsaturated/α-hetero) is 1. The average Bonchev–Trinajstić information content (AvgIpc) is 2.57. The summed E-state index contributed by atoms with van der Waals surface area (Å²) in [6.45, 7) is 7.85. The summed E-state index contributed by atoms with van der Waals surface area (Å²) >= 11 is 0. The second-order valence-corrected chi connectivity index (χ2v) is 7.36. The number of aliphatic hydroxyl groups excluding tert-OH is 1. The van der Waals surface area contributed by atoms with E-state index in [0.717, 1.165) is 48.2 Å². The molecule has 0 aromatic heterocycles. The molecule has 1 aromatic carbocycles. The predicted molar refractivity (Wildman–Crippen MR) is 101 cm³/mol. The van der Waals surface area contributed by atoms with Crippen LogP contribution in [0.3, 0.4) is 0 Å². The smallest absolute Gasteiger partial charge is 0.167 e. The van der Waals surface area contributed by atoms with Crippen molar-refractivity contribution >= 4 is 11.4 Å². The van der Waals surface area contributed by atoms with E-state index in [2.05, 4.69) is 17.2 Å². The van der Waals surface area contributed by atoms with Gasteiger partial charge in [-0.15, -0.1) is 5.92 Å². The number of rotatable bonds is 2. The van der Waals surface area contributed by atoms with Gasteiger partial charge in [-0.2, -0.15) is 0 Å². The number of piperidine rings is 1. The molecule has 1 saturated heterocycles. The first-order valence-corrected chi connectivity index (χ1v) is 9.21. The highest BCUT2D eigenvalue weighted by Gasteiger charge is 2.34. The molecule has 1 aliphatic heterocycles. The van der Waals surface area contributed by atoms with Gasteiger partial charge in [0.25, 0.3) is 0 Å². The number of aliphatic hydroxyl groups is 1. The van der Waals surface area contributed by atoms with Gasteiger partial charge in [-0.05, 0) is 87.4 Å². The number of carbonyl (C=O) groups excluding carboxylic acids is 1. The van der Waals surface area contributed by atoms with Gasteiger partial charge in [-0.1, -0.05) is 5.92 Å².